The number of halogens is 2. The molecular formula is C27H34F2O5S. The monoisotopic (exact) mass is 508 g/mol. The van der Waals surface area contributed by atoms with Gasteiger partial charge in [-0.1, -0.05) is 26.3 Å². The molecule has 4 saturated carbocycles. The van der Waals surface area contributed by atoms with Gasteiger partial charge in [0.05, 0.1) is 6.10 Å². The van der Waals surface area contributed by atoms with Gasteiger partial charge in [-0.2, -0.15) is 0 Å². The zero-order valence-electron chi connectivity index (χ0n) is 20.4. The van der Waals surface area contributed by atoms with E-state index in [1.165, 1.54) is 12.2 Å². The normalized spacial score (nSPS) is 48.8. The van der Waals surface area contributed by atoms with E-state index in [4.69, 9.17) is 4.74 Å². The predicted molar refractivity (Wildman–Crippen MR) is 128 cm³/mol. The van der Waals surface area contributed by atoms with Gasteiger partial charge in [0.2, 0.25) is 5.12 Å². The molecule has 9 atom stereocenters. The van der Waals surface area contributed by atoms with E-state index in [-0.39, 0.29) is 30.8 Å². The Labute approximate surface area is 210 Å². The van der Waals surface area contributed by atoms with Crippen molar-refractivity contribution in [3.63, 3.8) is 0 Å². The van der Waals surface area contributed by atoms with Crippen LogP contribution < -0.4 is 0 Å². The van der Waals surface area contributed by atoms with Crippen LogP contribution in [0.25, 0.3) is 0 Å². The second-order valence-electron chi connectivity index (χ2n) is 12.0. The third kappa shape index (κ3) is 3.11. The molecule has 0 saturated heterocycles. The predicted octanol–water partition coefficient (Wildman–Crippen LogP) is 4.48. The van der Waals surface area contributed by atoms with E-state index in [9.17, 15) is 19.5 Å². The number of carbonyl (C=O) groups excluding carboxylic acids is 3. The number of aliphatic hydroxyl groups is 1. The van der Waals surface area contributed by atoms with Crippen LogP contribution in [-0.2, 0) is 19.1 Å². The smallest absolute Gasteiger partial charge is 0.307 e. The highest BCUT2D eigenvalue weighted by Gasteiger charge is 2.77. The molecule has 35 heavy (non-hydrogen) atoms. The first-order valence-corrected chi connectivity index (χ1v) is 13.2. The molecule has 0 amide bonds. The molecule has 0 spiro atoms. The Balaban J connectivity index is 1.57. The Kier molecular flexibility index (Phi) is 5.73. The van der Waals surface area contributed by atoms with Crippen molar-refractivity contribution in [1.29, 1.82) is 0 Å². The van der Waals surface area contributed by atoms with E-state index in [1.54, 1.807) is 20.8 Å². The molecular weight excluding hydrogens is 474 g/mol. The fourth-order valence-electron chi connectivity index (χ4n) is 8.39. The molecule has 5 rings (SSSR count). The van der Waals surface area contributed by atoms with Gasteiger partial charge in [-0.25, -0.2) is 8.78 Å². The third-order valence-electron chi connectivity index (χ3n) is 10.4. The molecule has 1 N–H and O–H groups in total. The van der Waals surface area contributed by atoms with E-state index < -0.39 is 69.0 Å². The van der Waals surface area contributed by atoms with E-state index in [0.29, 0.717) is 6.42 Å². The van der Waals surface area contributed by atoms with Crippen LogP contribution in [0.3, 0.4) is 0 Å². The van der Waals surface area contributed by atoms with E-state index in [0.717, 1.165) is 25.3 Å². The summed E-state index contributed by atoms with van der Waals surface area (Å²) in [7, 11) is 0. The number of ketones is 1. The lowest BCUT2D eigenvalue weighted by atomic mass is 9.44. The summed E-state index contributed by atoms with van der Waals surface area (Å²) in [4.78, 5) is 38.1. The Morgan fingerprint density at radius 2 is 1.91 bits per heavy atom. The van der Waals surface area contributed by atoms with Crippen molar-refractivity contribution in [3.8, 4) is 0 Å². The average Bonchev–Trinajstić information content (AvgIpc) is 2.96. The number of rotatable bonds is 4. The van der Waals surface area contributed by atoms with Crippen LogP contribution in [0.1, 0.15) is 65.7 Å². The quantitative estimate of drug-likeness (QED) is 0.432. The Morgan fingerprint density at radius 3 is 2.51 bits per heavy atom. The molecule has 0 heterocycles. The molecule has 0 aliphatic heterocycles. The maximum absolute atomic E-state index is 17.3. The Hall–Kier alpha value is -1.54. The van der Waals surface area contributed by atoms with Gasteiger partial charge >= 0.3 is 5.97 Å². The Morgan fingerprint density at radius 1 is 1.23 bits per heavy atom. The Bertz CT molecular complexity index is 1040. The molecule has 5 aliphatic rings. The number of esters is 1. The summed E-state index contributed by atoms with van der Waals surface area (Å²) in [5.74, 6) is -2.58. The highest BCUT2D eigenvalue weighted by atomic mass is 32.1. The summed E-state index contributed by atoms with van der Waals surface area (Å²) < 4.78 is 38.9. The molecule has 0 unspecified atom stereocenters. The SMILES string of the molecule is C[C@@H]1C[C@H]2[C@@H]3C[C@H](F)C4=CC(=O)C=C[C@]4(C)[C@@]3(F)[C@@H](O)C[C@]2(C)[C@@]1(OC(=O)CC1CCC1)C(=O)S. The van der Waals surface area contributed by atoms with Crippen molar-refractivity contribution in [2.24, 2.45) is 34.5 Å². The first-order valence-electron chi connectivity index (χ1n) is 12.7. The minimum Gasteiger partial charge on any atom is -0.449 e. The molecule has 0 bridgehead atoms. The van der Waals surface area contributed by atoms with E-state index >= 15 is 8.78 Å². The van der Waals surface area contributed by atoms with Crippen LogP contribution >= 0.6 is 12.6 Å². The molecule has 5 nitrogen and oxygen atoms in total. The van der Waals surface area contributed by atoms with Crippen LogP contribution in [-0.4, -0.2) is 45.5 Å². The van der Waals surface area contributed by atoms with Crippen LogP contribution in [0.15, 0.2) is 23.8 Å². The number of thiol groups is 1. The summed E-state index contributed by atoms with van der Waals surface area (Å²) >= 11 is 4.18. The average molecular weight is 509 g/mol. The maximum atomic E-state index is 17.3. The van der Waals surface area contributed by atoms with Crippen molar-refractivity contribution in [1.82, 2.24) is 0 Å². The first kappa shape index (κ1) is 25.1. The lowest BCUT2D eigenvalue weighted by Crippen LogP contribution is -2.70. The second kappa shape index (κ2) is 7.98. The zero-order valence-corrected chi connectivity index (χ0v) is 21.3. The van der Waals surface area contributed by atoms with E-state index in [2.05, 4.69) is 12.6 Å². The molecule has 8 heteroatoms. The minimum atomic E-state index is -2.24. The van der Waals surface area contributed by atoms with Crippen molar-refractivity contribution in [2.75, 3.05) is 0 Å². The van der Waals surface area contributed by atoms with Gasteiger partial charge in [0, 0.05) is 29.1 Å². The fourth-order valence-corrected chi connectivity index (χ4v) is 8.92. The fraction of sp³-hybridized carbons (Fsp3) is 0.741. The minimum absolute atomic E-state index is 0.0564. The first-order chi connectivity index (χ1) is 16.3. The number of fused-ring (bicyclic) bond motifs is 5. The van der Waals surface area contributed by atoms with Crippen LogP contribution in [0, 0.1) is 34.5 Å². The highest BCUT2D eigenvalue weighted by molar-refractivity contribution is 7.96. The van der Waals surface area contributed by atoms with Crippen molar-refractivity contribution < 1.29 is 33.0 Å². The number of hydrogen-bond acceptors (Lipinski definition) is 5. The molecule has 0 aromatic rings. The van der Waals surface area contributed by atoms with E-state index in [1.807, 2.05) is 0 Å². The van der Waals surface area contributed by atoms with Crippen molar-refractivity contribution in [2.45, 2.75) is 89.3 Å². The van der Waals surface area contributed by atoms with Gasteiger partial charge in [-0.05, 0) is 68.6 Å². The topological polar surface area (TPSA) is 80.7 Å². The molecule has 5 aliphatic carbocycles. The van der Waals surface area contributed by atoms with Gasteiger partial charge in [0.15, 0.2) is 17.1 Å². The van der Waals surface area contributed by atoms with Gasteiger partial charge in [-0.3, -0.25) is 14.4 Å². The summed E-state index contributed by atoms with van der Waals surface area (Å²) in [5, 5.41) is 10.8. The third-order valence-corrected chi connectivity index (χ3v) is 10.8. The highest BCUT2D eigenvalue weighted by Crippen LogP contribution is 2.71. The molecule has 0 aromatic heterocycles. The van der Waals surface area contributed by atoms with Crippen LogP contribution in [0.4, 0.5) is 8.78 Å². The standard InChI is InChI=1S/C27H34F2O5S/c1-14-9-17-18-12-20(28)19-11-16(30)7-8-24(19,2)26(18,29)21(31)13-25(17,3)27(14,23(33)35)34-22(32)10-15-5-4-6-15/h7-8,11,14-15,17-18,20-21,31H,4-6,9-10,12-13H2,1-3H3,(H,33,35)/t14-,17+,18+,20+,21+,24+,25+,26+,27+/m1/s1. The number of carbonyl (C=O) groups is 3. The lowest BCUT2D eigenvalue weighted by molar-refractivity contribution is -0.229. The molecule has 0 radical (unpaired) electrons. The summed E-state index contributed by atoms with van der Waals surface area (Å²) in [5.41, 5.74) is -6.43. The van der Waals surface area contributed by atoms with Crippen molar-refractivity contribution in [3.05, 3.63) is 23.8 Å². The molecule has 0 aromatic carbocycles. The second-order valence-corrected chi connectivity index (χ2v) is 12.4. The van der Waals surface area contributed by atoms with Gasteiger partial charge in [-0.15, -0.1) is 12.6 Å². The summed E-state index contributed by atoms with van der Waals surface area (Å²) in [6, 6.07) is 0. The number of allylic oxidation sites excluding steroid dienone is 4. The number of hydrogen-bond donors (Lipinski definition) is 2. The largest absolute Gasteiger partial charge is 0.449 e. The lowest BCUT2D eigenvalue weighted by Gasteiger charge is -2.63. The van der Waals surface area contributed by atoms with Gasteiger partial charge < -0.3 is 9.84 Å². The van der Waals surface area contributed by atoms with Crippen LogP contribution in [0.2, 0.25) is 0 Å². The number of aliphatic hydroxyl groups excluding tert-OH is 1. The number of alkyl halides is 2. The van der Waals surface area contributed by atoms with Crippen LogP contribution in [0.5, 0.6) is 0 Å². The number of ether oxygens (including phenoxy) is 1. The molecule has 192 valence electrons. The van der Waals surface area contributed by atoms with Gasteiger partial charge in [0.25, 0.3) is 0 Å². The maximum Gasteiger partial charge on any atom is 0.307 e. The zero-order chi connectivity index (χ0) is 25.6. The van der Waals surface area contributed by atoms with Crippen molar-refractivity contribution >= 4 is 29.5 Å². The summed E-state index contributed by atoms with van der Waals surface area (Å²) in [6.45, 7) is 5.10. The van der Waals surface area contributed by atoms with Gasteiger partial charge in [0.1, 0.15) is 6.17 Å². The molecule has 4 fully saturated rings. The summed E-state index contributed by atoms with van der Waals surface area (Å²) in [6.07, 6.45) is 3.83.